The molecule has 1 fully saturated rings. The minimum atomic E-state index is 0.334. The minimum Gasteiger partial charge on any atom is -0.375 e. The van der Waals surface area contributed by atoms with Crippen LogP contribution in [0.2, 0.25) is 0 Å². The lowest BCUT2D eigenvalue weighted by atomic mass is 10.0. The molecular formula is C14H17NOS. The van der Waals surface area contributed by atoms with Crippen molar-refractivity contribution in [3.05, 3.63) is 34.7 Å². The Morgan fingerprint density at radius 1 is 1.41 bits per heavy atom. The van der Waals surface area contributed by atoms with E-state index in [2.05, 4.69) is 36.5 Å². The van der Waals surface area contributed by atoms with Gasteiger partial charge in [0.25, 0.3) is 0 Å². The van der Waals surface area contributed by atoms with Gasteiger partial charge in [0, 0.05) is 29.1 Å². The Bertz CT molecular complexity index is 514. The maximum atomic E-state index is 5.80. The second-order valence-corrected chi connectivity index (χ2v) is 5.79. The highest BCUT2D eigenvalue weighted by atomic mass is 32.1. The number of hydrogen-bond donors (Lipinski definition) is 1. The van der Waals surface area contributed by atoms with Gasteiger partial charge in [-0.05, 0) is 23.9 Å². The molecule has 0 saturated carbocycles. The van der Waals surface area contributed by atoms with Crippen LogP contribution in [0.1, 0.15) is 10.4 Å². The summed E-state index contributed by atoms with van der Waals surface area (Å²) < 4.78 is 7.19. The molecule has 3 rings (SSSR count). The zero-order valence-electron chi connectivity index (χ0n) is 10.0. The average molecular weight is 247 g/mol. The number of morpholine rings is 1. The maximum absolute atomic E-state index is 5.80. The molecule has 0 radical (unpaired) electrons. The first-order valence-corrected chi connectivity index (χ1v) is 6.95. The van der Waals surface area contributed by atoms with Gasteiger partial charge < -0.3 is 10.1 Å². The van der Waals surface area contributed by atoms with Gasteiger partial charge in [-0.2, -0.15) is 0 Å². The molecule has 0 bridgehead atoms. The molecule has 1 aromatic carbocycles. The van der Waals surface area contributed by atoms with Crippen molar-refractivity contribution in [2.45, 2.75) is 19.4 Å². The van der Waals surface area contributed by atoms with E-state index in [-0.39, 0.29) is 0 Å². The molecule has 1 atom stereocenters. The second-order valence-electron chi connectivity index (χ2n) is 4.53. The van der Waals surface area contributed by atoms with Crippen LogP contribution >= 0.6 is 11.3 Å². The van der Waals surface area contributed by atoms with Crippen LogP contribution in [0, 0.1) is 6.92 Å². The van der Waals surface area contributed by atoms with E-state index in [9.17, 15) is 0 Å². The number of aryl methyl sites for hydroxylation is 1. The summed E-state index contributed by atoms with van der Waals surface area (Å²) in [5.41, 5.74) is 1.47. The van der Waals surface area contributed by atoms with Crippen molar-refractivity contribution in [3.63, 3.8) is 0 Å². The summed E-state index contributed by atoms with van der Waals surface area (Å²) in [5.74, 6) is 0. The number of fused-ring (bicyclic) bond motifs is 1. The molecule has 2 nitrogen and oxygen atoms in total. The largest absolute Gasteiger partial charge is 0.375 e. The van der Waals surface area contributed by atoms with Crippen molar-refractivity contribution in [3.8, 4) is 0 Å². The summed E-state index contributed by atoms with van der Waals surface area (Å²) in [6.07, 6.45) is 1.36. The van der Waals surface area contributed by atoms with Crippen LogP contribution in [0.15, 0.2) is 24.3 Å². The number of rotatable bonds is 2. The Kier molecular flexibility index (Phi) is 3.14. The maximum Gasteiger partial charge on any atom is 0.0740 e. The standard InChI is InChI=1S/C14H17NOS/c1-10-13(8-11-9-15-6-7-16-11)12-4-2-3-5-14(12)17-10/h2-5,11,15H,6-9H2,1H3. The second kappa shape index (κ2) is 4.77. The average Bonchev–Trinajstić information content (AvgIpc) is 2.68. The molecule has 0 aliphatic carbocycles. The number of hydrogen-bond acceptors (Lipinski definition) is 3. The van der Waals surface area contributed by atoms with Crippen LogP contribution in [0.25, 0.3) is 10.1 Å². The van der Waals surface area contributed by atoms with Crippen LogP contribution in [-0.4, -0.2) is 25.8 Å². The lowest BCUT2D eigenvalue weighted by Gasteiger charge is -2.23. The Morgan fingerprint density at radius 2 is 2.29 bits per heavy atom. The zero-order valence-corrected chi connectivity index (χ0v) is 10.8. The predicted molar refractivity (Wildman–Crippen MR) is 72.9 cm³/mol. The fourth-order valence-corrected chi connectivity index (χ4v) is 3.55. The van der Waals surface area contributed by atoms with Crippen molar-refractivity contribution in [2.24, 2.45) is 0 Å². The Balaban J connectivity index is 1.90. The van der Waals surface area contributed by atoms with Gasteiger partial charge in [0.05, 0.1) is 12.7 Å². The Hall–Kier alpha value is -0.900. The third-order valence-corrected chi connectivity index (χ3v) is 4.46. The lowest BCUT2D eigenvalue weighted by molar-refractivity contribution is 0.0294. The summed E-state index contributed by atoms with van der Waals surface area (Å²) >= 11 is 1.89. The molecule has 2 aromatic rings. The SMILES string of the molecule is Cc1sc2ccccc2c1CC1CNCCO1. The number of nitrogens with one attached hydrogen (secondary N) is 1. The summed E-state index contributed by atoms with van der Waals surface area (Å²) in [6.45, 7) is 5.02. The van der Waals surface area contributed by atoms with E-state index >= 15 is 0 Å². The topological polar surface area (TPSA) is 21.3 Å². The van der Waals surface area contributed by atoms with Gasteiger partial charge in [0.1, 0.15) is 0 Å². The van der Waals surface area contributed by atoms with E-state index in [1.54, 1.807) is 0 Å². The van der Waals surface area contributed by atoms with E-state index in [0.717, 1.165) is 26.1 Å². The number of thiophene rings is 1. The summed E-state index contributed by atoms with van der Waals surface area (Å²) in [6, 6.07) is 8.67. The molecule has 17 heavy (non-hydrogen) atoms. The monoisotopic (exact) mass is 247 g/mol. The molecule has 1 aliphatic rings. The van der Waals surface area contributed by atoms with E-state index in [1.165, 1.54) is 20.5 Å². The van der Waals surface area contributed by atoms with Crippen molar-refractivity contribution in [2.75, 3.05) is 19.7 Å². The Morgan fingerprint density at radius 3 is 3.12 bits per heavy atom. The van der Waals surface area contributed by atoms with Crippen LogP contribution in [0.3, 0.4) is 0 Å². The summed E-state index contributed by atoms with van der Waals surface area (Å²) in [5, 5.41) is 4.80. The first-order chi connectivity index (χ1) is 8.34. The quantitative estimate of drug-likeness (QED) is 0.881. The van der Waals surface area contributed by atoms with Gasteiger partial charge in [0.15, 0.2) is 0 Å². The van der Waals surface area contributed by atoms with Gasteiger partial charge in [-0.25, -0.2) is 0 Å². The molecule has 2 heterocycles. The fraction of sp³-hybridized carbons (Fsp3) is 0.429. The Labute approximate surface area is 106 Å². The highest BCUT2D eigenvalue weighted by molar-refractivity contribution is 7.19. The van der Waals surface area contributed by atoms with Crippen LogP contribution in [0.4, 0.5) is 0 Å². The zero-order chi connectivity index (χ0) is 11.7. The third kappa shape index (κ3) is 2.23. The van der Waals surface area contributed by atoms with E-state index in [1.807, 2.05) is 11.3 Å². The summed E-state index contributed by atoms with van der Waals surface area (Å²) in [7, 11) is 0. The molecule has 90 valence electrons. The van der Waals surface area contributed by atoms with Crippen LogP contribution in [-0.2, 0) is 11.2 Å². The molecule has 0 spiro atoms. The highest BCUT2D eigenvalue weighted by Crippen LogP contribution is 2.31. The minimum absolute atomic E-state index is 0.334. The molecule has 3 heteroatoms. The summed E-state index contributed by atoms with van der Waals surface area (Å²) in [4.78, 5) is 1.43. The molecule has 1 unspecified atom stereocenters. The van der Waals surface area contributed by atoms with Gasteiger partial charge in [-0.15, -0.1) is 11.3 Å². The molecular weight excluding hydrogens is 230 g/mol. The third-order valence-electron chi connectivity index (χ3n) is 3.34. The van der Waals surface area contributed by atoms with Gasteiger partial charge in [0.2, 0.25) is 0 Å². The van der Waals surface area contributed by atoms with Gasteiger partial charge in [-0.1, -0.05) is 18.2 Å². The molecule has 1 saturated heterocycles. The van der Waals surface area contributed by atoms with Crippen molar-refractivity contribution >= 4 is 21.4 Å². The highest BCUT2D eigenvalue weighted by Gasteiger charge is 2.17. The van der Waals surface area contributed by atoms with Crippen molar-refractivity contribution in [1.29, 1.82) is 0 Å². The first-order valence-electron chi connectivity index (χ1n) is 6.14. The number of ether oxygens (including phenoxy) is 1. The molecule has 1 aliphatic heterocycles. The van der Waals surface area contributed by atoms with Crippen LogP contribution < -0.4 is 5.32 Å². The fourth-order valence-electron chi connectivity index (χ4n) is 2.45. The first kappa shape index (κ1) is 11.2. The molecule has 0 amide bonds. The van der Waals surface area contributed by atoms with Crippen LogP contribution in [0.5, 0.6) is 0 Å². The van der Waals surface area contributed by atoms with Gasteiger partial charge >= 0.3 is 0 Å². The normalized spacial score (nSPS) is 20.9. The molecule has 1 aromatic heterocycles. The predicted octanol–water partition coefficient (Wildman–Crippen LogP) is 2.74. The van der Waals surface area contributed by atoms with E-state index in [4.69, 9.17) is 4.74 Å². The van der Waals surface area contributed by atoms with Crippen molar-refractivity contribution < 1.29 is 4.74 Å². The van der Waals surface area contributed by atoms with E-state index in [0.29, 0.717) is 6.10 Å². The van der Waals surface area contributed by atoms with E-state index < -0.39 is 0 Å². The van der Waals surface area contributed by atoms with Crippen molar-refractivity contribution in [1.82, 2.24) is 5.32 Å². The lowest BCUT2D eigenvalue weighted by Crippen LogP contribution is -2.39. The van der Waals surface area contributed by atoms with Gasteiger partial charge in [-0.3, -0.25) is 0 Å². The number of benzene rings is 1. The smallest absolute Gasteiger partial charge is 0.0740 e. The molecule has 1 N–H and O–H groups in total.